The molecule has 1 N–H and O–H groups in total. The third-order valence-electron chi connectivity index (χ3n) is 3.22. The lowest BCUT2D eigenvalue weighted by molar-refractivity contribution is 0.410. The largest absolute Gasteiger partial charge is 0.494 e. The first-order valence-corrected chi connectivity index (χ1v) is 5.88. The van der Waals surface area contributed by atoms with Crippen LogP contribution < -0.4 is 10.1 Å². The summed E-state index contributed by atoms with van der Waals surface area (Å²) in [7, 11) is 1.62. The van der Waals surface area contributed by atoms with Crippen LogP contribution >= 0.6 is 0 Å². The highest BCUT2D eigenvalue weighted by Crippen LogP contribution is 2.49. The van der Waals surface area contributed by atoms with Gasteiger partial charge in [0.25, 0.3) is 0 Å². The SMILES string of the molecule is CCCC1(CNc2ncc(OC)cn2)CC1. The summed E-state index contributed by atoms with van der Waals surface area (Å²) in [5.41, 5.74) is 0.526. The van der Waals surface area contributed by atoms with Gasteiger partial charge in [-0.15, -0.1) is 0 Å². The molecule has 0 saturated heterocycles. The van der Waals surface area contributed by atoms with E-state index in [1.807, 2.05) is 0 Å². The highest BCUT2D eigenvalue weighted by atomic mass is 16.5. The van der Waals surface area contributed by atoms with Crippen molar-refractivity contribution in [3.8, 4) is 5.75 Å². The summed E-state index contributed by atoms with van der Waals surface area (Å²) in [4.78, 5) is 8.39. The molecular formula is C12H19N3O. The predicted molar refractivity (Wildman–Crippen MR) is 63.6 cm³/mol. The van der Waals surface area contributed by atoms with E-state index in [1.54, 1.807) is 19.5 Å². The predicted octanol–water partition coefficient (Wildman–Crippen LogP) is 2.48. The molecule has 1 heterocycles. The fourth-order valence-electron chi connectivity index (χ4n) is 2.00. The summed E-state index contributed by atoms with van der Waals surface area (Å²) in [5, 5.41) is 3.31. The van der Waals surface area contributed by atoms with Crippen LogP contribution in [-0.2, 0) is 0 Å². The zero-order valence-electron chi connectivity index (χ0n) is 9.99. The van der Waals surface area contributed by atoms with Gasteiger partial charge in [-0.05, 0) is 24.7 Å². The number of nitrogens with zero attached hydrogens (tertiary/aromatic N) is 2. The van der Waals surface area contributed by atoms with Crippen molar-refractivity contribution in [3.63, 3.8) is 0 Å². The van der Waals surface area contributed by atoms with Crippen molar-refractivity contribution >= 4 is 5.95 Å². The van der Waals surface area contributed by atoms with E-state index in [-0.39, 0.29) is 0 Å². The van der Waals surface area contributed by atoms with Crippen molar-refractivity contribution in [1.29, 1.82) is 0 Å². The topological polar surface area (TPSA) is 47.0 Å². The van der Waals surface area contributed by atoms with Crippen molar-refractivity contribution in [2.75, 3.05) is 19.0 Å². The molecule has 4 nitrogen and oxygen atoms in total. The molecule has 0 amide bonds. The molecule has 0 radical (unpaired) electrons. The summed E-state index contributed by atoms with van der Waals surface area (Å²) in [5.74, 6) is 1.39. The second-order valence-electron chi connectivity index (χ2n) is 4.55. The van der Waals surface area contributed by atoms with Crippen molar-refractivity contribution < 1.29 is 4.74 Å². The number of nitrogens with one attached hydrogen (secondary N) is 1. The van der Waals surface area contributed by atoms with Gasteiger partial charge < -0.3 is 10.1 Å². The van der Waals surface area contributed by atoms with Crippen LogP contribution in [0.4, 0.5) is 5.95 Å². The molecule has 1 aliphatic rings. The second kappa shape index (κ2) is 4.68. The molecule has 1 aliphatic carbocycles. The van der Waals surface area contributed by atoms with Crippen molar-refractivity contribution in [2.24, 2.45) is 5.41 Å². The molecule has 0 aliphatic heterocycles. The van der Waals surface area contributed by atoms with Crippen molar-refractivity contribution in [2.45, 2.75) is 32.6 Å². The van der Waals surface area contributed by atoms with Gasteiger partial charge in [0.15, 0.2) is 5.75 Å². The van der Waals surface area contributed by atoms with Gasteiger partial charge in [0.05, 0.1) is 19.5 Å². The van der Waals surface area contributed by atoms with Crippen LogP contribution in [0.1, 0.15) is 32.6 Å². The lowest BCUT2D eigenvalue weighted by Crippen LogP contribution is -2.16. The third-order valence-corrected chi connectivity index (χ3v) is 3.22. The van der Waals surface area contributed by atoms with Gasteiger partial charge in [-0.25, -0.2) is 9.97 Å². The summed E-state index contributed by atoms with van der Waals surface area (Å²) in [6, 6.07) is 0. The summed E-state index contributed by atoms with van der Waals surface area (Å²) < 4.78 is 5.01. The Hall–Kier alpha value is -1.32. The van der Waals surface area contributed by atoms with Crippen LogP contribution in [-0.4, -0.2) is 23.6 Å². The Bertz CT molecular complexity index is 333. The minimum absolute atomic E-state index is 0.526. The Labute approximate surface area is 96.4 Å². The van der Waals surface area contributed by atoms with E-state index in [9.17, 15) is 0 Å². The quantitative estimate of drug-likeness (QED) is 0.801. The molecule has 0 unspecified atom stereocenters. The van der Waals surface area contributed by atoms with E-state index < -0.39 is 0 Å². The zero-order chi connectivity index (χ0) is 11.4. The highest BCUT2D eigenvalue weighted by molar-refractivity contribution is 5.28. The molecule has 0 bridgehead atoms. The number of methoxy groups -OCH3 is 1. The van der Waals surface area contributed by atoms with E-state index >= 15 is 0 Å². The van der Waals surface area contributed by atoms with E-state index in [2.05, 4.69) is 22.2 Å². The van der Waals surface area contributed by atoms with Crippen LogP contribution in [0, 0.1) is 5.41 Å². The number of rotatable bonds is 6. The fourth-order valence-corrected chi connectivity index (χ4v) is 2.00. The summed E-state index contributed by atoms with van der Waals surface area (Å²) in [6.07, 6.45) is 8.61. The maximum Gasteiger partial charge on any atom is 0.222 e. The zero-order valence-corrected chi connectivity index (χ0v) is 9.99. The summed E-state index contributed by atoms with van der Waals surface area (Å²) in [6.45, 7) is 3.23. The van der Waals surface area contributed by atoms with Gasteiger partial charge in [-0.1, -0.05) is 13.3 Å². The summed E-state index contributed by atoms with van der Waals surface area (Å²) >= 11 is 0. The fraction of sp³-hybridized carbons (Fsp3) is 0.667. The van der Waals surface area contributed by atoms with Gasteiger partial charge in [-0.3, -0.25) is 0 Å². The van der Waals surface area contributed by atoms with Crippen LogP contribution in [0.2, 0.25) is 0 Å². The third kappa shape index (κ3) is 2.62. The van der Waals surface area contributed by atoms with Crippen molar-refractivity contribution in [1.82, 2.24) is 9.97 Å². The molecule has 1 fully saturated rings. The molecule has 4 heteroatoms. The Kier molecular flexibility index (Phi) is 3.27. The van der Waals surface area contributed by atoms with E-state index in [4.69, 9.17) is 4.74 Å². The van der Waals surface area contributed by atoms with Gasteiger partial charge in [-0.2, -0.15) is 0 Å². The molecule has 1 saturated carbocycles. The maximum atomic E-state index is 5.01. The normalized spacial score (nSPS) is 16.9. The molecular weight excluding hydrogens is 202 g/mol. The number of hydrogen-bond acceptors (Lipinski definition) is 4. The Balaban J connectivity index is 1.85. The first kappa shape index (κ1) is 11.2. The van der Waals surface area contributed by atoms with Crippen LogP contribution in [0.3, 0.4) is 0 Å². The number of hydrogen-bond donors (Lipinski definition) is 1. The van der Waals surface area contributed by atoms with Gasteiger partial charge in [0.1, 0.15) is 0 Å². The molecule has 88 valence electrons. The van der Waals surface area contributed by atoms with E-state index in [1.165, 1.54) is 25.7 Å². The molecule has 0 aromatic carbocycles. The van der Waals surface area contributed by atoms with Crippen LogP contribution in [0.5, 0.6) is 5.75 Å². The Morgan fingerprint density at radius 1 is 1.38 bits per heavy atom. The lowest BCUT2D eigenvalue weighted by atomic mass is 10.0. The molecule has 0 spiro atoms. The molecule has 1 aromatic heterocycles. The van der Waals surface area contributed by atoms with Crippen LogP contribution in [0.25, 0.3) is 0 Å². The highest BCUT2D eigenvalue weighted by Gasteiger charge is 2.41. The molecule has 0 atom stereocenters. The minimum atomic E-state index is 0.526. The molecule has 2 rings (SSSR count). The van der Waals surface area contributed by atoms with Gasteiger partial charge in [0.2, 0.25) is 5.95 Å². The monoisotopic (exact) mass is 221 g/mol. The number of anilines is 1. The molecule has 1 aromatic rings. The average Bonchev–Trinajstić information content (AvgIpc) is 3.08. The van der Waals surface area contributed by atoms with E-state index in [0.717, 1.165) is 6.54 Å². The number of ether oxygens (including phenoxy) is 1. The van der Waals surface area contributed by atoms with Gasteiger partial charge >= 0.3 is 0 Å². The molecule has 16 heavy (non-hydrogen) atoms. The Morgan fingerprint density at radius 2 is 2.06 bits per heavy atom. The minimum Gasteiger partial charge on any atom is -0.494 e. The smallest absolute Gasteiger partial charge is 0.222 e. The van der Waals surface area contributed by atoms with Crippen LogP contribution in [0.15, 0.2) is 12.4 Å². The van der Waals surface area contributed by atoms with Crippen molar-refractivity contribution in [3.05, 3.63) is 12.4 Å². The number of aromatic nitrogens is 2. The average molecular weight is 221 g/mol. The van der Waals surface area contributed by atoms with E-state index in [0.29, 0.717) is 17.1 Å². The lowest BCUT2D eigenvalue weighted by Gasteiger charge is -2.14. The van der Waals surface area contributed by atoms with Gasteiger partial charge in [0, 0.05) is 6.54 Å². The first-order valence-electron chi connectivity index (χ1n) is 5.88. The second-order valence-corrected chi connectivity index (χ2v) is 4.55. The standard InChI is InChI=1S/C12H19N3O/c1-3-4-12(5-6-12)9-15-11-13-7-10(16-2)8-14-11/h7-8H,3-6,9H2,1-2H3,(H,13,14,15). The Morgan fingerprint density at radius 3 is 2.56 bits per heavy atom. The maximum absolute atomic E-state index is 5.01. The first-order chi connectivity index (χ1) is 7.78.